The molecule has 0 bridgehead atoms. The molecule has 3 N–H and O–H groups in total. The molecular formula is C18H26N4O3. The molecular weight excluding hydrogens is 320 g/mol. The molecule has 2 amide bonds. The van der Waals surface area contributed by atoms with Gasteiger partial charge in [0.1, 0.15) is 0 Å². The first-order valence-electron chi connectivity index (χ1n) is 8.49. The minimum atomic E-state index is -0.956. The monoisotopic (exact) mass is 346 g/mol. The number of hydrogen-bond donors (Lipinski definition) is 3. The molecule has 7 nitrogen and oxygen atoms in total. The lowest BCUT2D eigenvalue weighted by Gasteiger charge is -2.29. The fraction of sp³-hybridized carbons (Fsp3) is 0.500. The molecule has 7 heteroatoms. The van der Waals surface area contributed by atoms with Crippen LogP contribution in [-0.4, -0.2) is 33.4 Å². The van der Waals surface area contributed by atoms with Crippen molar-refractivity contribution in [3.63, 3.8) is 0 Å². The zero-order valence-corrected chi connectivity index (χ0v) is 15.1. The van der Waals surface area contributed by atoms with E-state index in [9.17, 15) is 9.90 Å². The quantitative estimate of drug-likeness (QED) is 0.716. The van der Waals surface area contributed by atoms with Gasteiger partial charge in [0.15, 0.2) is 5.82 Å². The number of rotatable bonds is 7. The lowest BCUT2D eigenvalue weighted by Crippen LogP contribution is -2.48. The molecule has 1 aromatic heterocycles. The molecule has 1 aromatic carbocycles. The number of benzene rings is 1. The molecule has 0 aliphatic rings. The topological polar surface area (TPSA) is 100 Å². The third kappa shape index (κ3) is 5.03. The number of aromatic nitrogens is 2. The minimum Gasteiger partial charge on any atom is -0.388 e. The number of aliphatic hydroxyl groups is 1. The molecule has 3 atom stereocenters. The number of carbonyl (C=O) groups is 1. The van der Waals surface area contributed by atoms with E-state index in [0.29, 0.717) is 11.7 Å². The second-order valence-corrected chi connectivity index (χ2v) is 6.54. The summed E-state index contributed by atoms with van der Waals surface area (Å²) in [5.74, 6) is 0.878. The van der Waals surface area contributed by atoms with E-state index in [0.717, 1.165) is 12.0 Å². The predicted octanol–water partition coefficient (Wildman–Crippen LogP) is 2.89. The summed E-state index contributed by atoms with van der Waals surface area (Å²) in [6, 6.07) is 8.62. The van der Waals surface area contributed by atoms with Crippen molar-refractivity contribution in [2.45, 2.75) is 45.8 Å². The Bertz CT molecular complexity index is 685. The summed E-state index contributed by atoms with van der Waals surface area (Å²) >= 11 is 0. The van der Waals surface area contributed by atoms with Crippen LogP contribution in [0, 0.1) is 5.92 Å². The highest BCUT2D eigenvalue weighted by molar-refractivity contribution is 5.74. The zero-order chi connectivity index (χ0) is 18.4. The van der Waals surface area contributed by atoms with E-state index in [4.69, 9.17) is 4.52 Å². The van der Waals surface area contributed by atoms with Crippen LogP contribution in [0.15, 0.2) is 34.9 Å². The molecule has 0 aliphatic carbocycles. The van der Waals surface area contributed by atoms with Crippen LogP contribution in [0.25, 0.3) is 11.5 Å². The summed E-state index contributed by atoms with van der Waals surface area (Å²) in [5, 5.41) is 19.7. The zero-order valence-electron chi connectivity index (χ0n) is 15.1. The molecule has 25 heavy (non-hydrogen) atoms. The van der Waals surface area contributed by atoms with Gasteiger partial charge in [0.05, 0.1) is 11.6 Å². The highest BCUT2D eigenvalue weighted by atomic mass is 16.5. The summed E-state index contributed by atoms with van der Waals surface area (Å²) in [5.41, 5.74) is -0.135. The average Bonchev–Trinajstić information content (AvgIpc) is 3.10. The molecule has 2 rings (SSSR count). The van der Waals surface area contributed by atoms with E-state index in [2.05, 4.69) is 20.8 Å². The Labute approximate surface area is 147 Å². The lowest BCUT2D eigenvalue weighted by molar-refractivity contribution is 0.00784. The first-order valence-corrected chi connectivity index (χ1v) is 8.49. The normalized spacial score (nSPS) is 15.9. The third-order valence-corrected chi connectivity index (χ3v) is 4.48. The smallest absolute Gasteiger partial charge is 0.315 e. The van der Waals surface area contributed by atoms with Crippen molar-refractivity contribution in [2.24, 2.45) is 5.92 Å². The second-order valence-electron chi connectivity index (χ2n) is 6.54. The lowest BCUT2D eigenvalue weighted by atomic mass is 9.89. The van der Waals surface area contributed by atoms with Gasteiger partial charge in [0.25, 0.3) is 5.89 Å². The van der Waals surface area contributed by atoms with E-state index < -0.39 is 11.6 Å². The molecule has 3 unspecified atom stereocenters. The fourth-order valence-corrected chi connectivity index (χ4v) is 2.29. The average molecular weight is 346 g/mol. The maximum atomic E-state index is 12.0. The van der Waals surface area contributed by atoms with Crippen molar-refractivity contribution in [2.75, 3.05) is 6.54 Å². The van der Waals surface area contributed by atoms with Crippen LogP contribution in [-0.2, 0) is 0 Å². The van der Waals surface area contributed by atoms with Gasteiger partial charge in [-0.15, -0.1) is 0 Å². The fourth-order valence-electron chi connectivity index (χ4n) is 2.29. The molecule has 0 saturated carbocycles. The Morgan fingerprint density at radius 3 is 2.64 bits per heavy atom. The maximum Gasteiger partial charge on any atom is 0.315 e. The number of amides is 2. The number of urea groups is 1. The van der Waals surface area contributed by atoms with E-state index in [1.807, 2.05) is 44.2 Å². The van der Waals surface area contributed by atoms with Gasteiger partial charge in [-0.1, -0.05) is 43.6 Å². The Hall–Kier alpha value is -2.41. The first-order chi connectivity index (χ1) is 11.8. The van der Waals surface area contributed by atoms with E-state index in [-0.39, 0.29) is 18.5 Å². The van der Waals surface area contributed by atoms with Crippen molar-refractivity contribution < 1.29 is 14.4 Å². The molecule has 0 aliphatic heterocycles. The minimum absolute atomic E-state index is 0.0795. The van der Waals surface area contributed by atoms with Crippen molar-refractivity contribution in [1.29, 1.82) is 0 Å². The van der Waals surface area contributed by atoms with Gasteiger partial charge in [-0.05, 0) is 31.9 Å². The van der Waals surface area contributed by atoms with Gasteiger partial charge >= 0.3 is 6.03 Å². The Kier molecular flexibility index (Phi) is 6.14. The summed E-state index contributed by atoms with van der Waals surface area (Å²) in [4.78, 5) is 16.4. The largest absolute Gasteiger partial charge is 0.388 e. The van der Waals surface area contributed by atoms with Crippen LogP contribution in [0.1, 0.15) is 46.0 Å². The van der Waals surface area contributed by atoms with Crippen LogP contribution in [0.2, 0.25) is 0 Å². The maximum absolute atomic E-state index is 12.0. The highest BCUT2D eigenvalue weighted by Gasteiger charge is 2.27. The van der Waals surface area contributed by atoms with E-state index >= 15 is 0 Å². The molecule has 0 fully saturated rings. The Morgan fingerprint density at radius 2 is 2.00 bits per heavy atom. The molecule has 0 spiro atoms. The van der Waals surface area contributed by atoms with Gasteiger partial charge in [-0.3, -0.25) is 0 Å². The van der Waals surface area contributed by atoms with E-state index in [1.54, 1.807) is 13.8 Å². The summed E-state index contributed by atoms with van der Waals surface area (Å²) in [6.45, 7) is 7.61. The number of nitrogens with one attached hydrogen (secondary N) is 2. The van der Waals surface area contributed by atoms with Crippen LogP contribution < -0.4 is 10.6 Å². The first kappa shape index (κ1) is 18.9. The standard InChI is InChI=1S/C18H26N4O3/c1-5-12(2)18(4,24)11-19-17(23)20-13(3)15-21-16(25-22-15)14-9-7-6-8-10-14/h6-10,12-13,24H,5,11H2,1-4H3,(H2,19,20,23). The van der Waals surface area contributed by atoms with Crippen molar-refractivity contribution in [3.8, 4) is 11.5 Å². The number of hydrogen-bond acceptors (Lipinski definition) is 5. The van der Waals surface area contributed by atoms with Crippen molar-refractivity contribution >= 4 is 6.03 Å². The molecule has 0 radical (unpaired) electrons. The summed E-state index contributed by atoms with van der Waals surface area (Å²) in [7, 11) is 0. The molecule has 136 valence electrons. The van der Waals surface area contributed by atoms with Gasteiger partial charge in [0, 0.05) is 12.1 Å². The molecule has 0 saturated heterocycles. The molecule has 1 heterocycles. The third-order valence-electron chi connectivity index (χ3n) is 4.48. The Morgan fingerprint density at radius 1 is 1.32 bits per heavy atom. The number of carbonyl (C=O) groups excluding carboxylic acids is 1. The van der Waals surface area contributed by atoms with Gasteiger partial charge in [-0.25, -0.2) is 4.79 Å². The van der Waals surface area contributed by atoms with E-state index in [1.165, 1.54) is 0 Å². The van der Waals surface area contributed by atoms with Crippen LogP contribution in [0.5, 0.6) is 0 Å². The summed E-state index contributed by atoms with van der Waals surface area (Å²) in [6.07, 6.45) is 0.831. The van der Waals surface area contributed by atoms with Gasteiger partial charge < -0.3 is 20.3 Å². The second kappa shape index (κ2) is 8.11. The van der Waals surface area contributed by atoms with Crippen molar-refractivity contribution in [1.82, 2.24) is 20.8 Å². The van der Waals surface area contributed by atoms with Crippen LogP contribution in [0.4, 0.5) is 4.79 Å². The number of nitrogens with zero attached hydrogens (tertiary/aromatic N) is 2. The van der Waals surface area contributed by atoms with Gasteiger partial charge in [0.2, 0.25) is 0 Å². The van der Waals surface area contributed by atoms with Crippen LogP contribution in [0.3, 0.4) is 0 Å². The van der Waals surface area contributed by atoms with Crippen molar-refractivity contribution in [3.05, 3.63) is 36.2 Å². The summed E-state index contributed by atoms with van der Waals surface area (Å²) < 4.78 is 5.24. The Balaban J connectivity index is 1.90. The molecule has 2 aromatic rings. The predicted molar refractivity (Wildman–Crippen MR) is 94.8 cm³/mol. The van der Waals surface area contributed by atoms with Gasteiger partial charge in [-0.2, -0.15) is 4.98 Å². The highest BCUT2D eigenvalue weighted by Crippen LogP contribution is 2.20. The SMILES string of the molecule is CCC(C)C(C)(O)CNC(=O)NC(C)c1noc(-c2ccccc2)n1. The van der Waals surface area contributed by atoms with Crippen LogP contribution >= 0.6 is 0 Å².